The molecule has 1 rings (SSSR count). The zero-order valence-electron chi connectivity index (χ0n) is 9.36. The number of nitrogens with zero attached hydrogens (tertiary/aromatic N) is 2. The van der Waals surface area contributed by atoms with Gasteiger partial charge in [-0.25, -0.2) is 4.79 Å². The van der Waals surface area contributed by atoms with E-state index < -0.39 is 0 Å². The smallest absolute Gasteiger partial charge is 0.327 e. The lowest BCUT2D eigenvalue weighted by atomic mass is 9.89. The third-order valence-electron chi connectivity index (χ3n) is 2.66. The van der Waals surface area contributed by atoms with Gasteiger partial charge < -0.3 is 10.3 Å². The summed E-state index contributed by atoms with van der Waals surface area (Å²) >= 11 is 4.97. The van der Waals surface area contributed by atoms with E-state index in [4.69, 9.17) is 18.0 Å². The van der Waals surface area contributed by atoms with Gasteiger partial charge in [0.2, 0.25) is 0 Å². The normalized spacial score (nSPS) is 11.7. The predicted molar refractivity (Wildman–Crippen MR) is 64.9 cm³/mol. The molecule has 0 amide bonds. The minimum atomic E-state index is -0.204. The molecule has 2 N–H and O–H groups in total. The first-order valence-electron chi connectivity index (χ1n) is 4.86. The topological polar surface area (TPSA) is 52.9 Å². The van der Waals surface area contributed by atoms with Crippen LogP contribution < -0.4 is 11.4 Å². The SMILES string of the molecule is Cn1ccn(CCC(C)(C)C(N)=S)c1=O. The van der Waals surface area contributed by atoms with Gasteiger partial charge in [0.05, 0.1) is 4.99 Å². The van der Waals surface area contributed by atoms with Crippen LogP contribution in [0.3, 0.4) is 0 Å². The Balaban J connectivity index is 2.70. The Morgan fingerprint density at radius 1 is 1.53 bits per heavy atom. The first kappa shape index (κ1) is 12.0. The number of hydrogen-bond donors (Lipinski definition) is 1. The number of hydrogen-bond acceptors (Lipinski definition) is 2. The van der Waals surface area contributed by atoms with E-state index in [0.717, 1.165) is 6.42 Å². The number of thiocarbonyl (C=S) groups is 1. The number of imidazole rings is 1. The number of aromatic nitrogens is 2. The van der Waals surface area contributed by atoms with Crippen LogP contribution in [0, 0.1) is 5.41 Å². The zero-order valence-corrected chi connectivity index (χ0v) is 10.2. The fraction of sp³-hybridized carbons (Fsp3) is 0.600. The van der Waals surface area contributed by atoms with Gasteiger partial charge in [-0.3, -0.25) is 4.57 Å². The highest BCUT2D eigenvalue weighted by Crippen LogP contribution is 2.20. The van der Waals surface area contributed by atoms with Crippen molar-refractivity contribution in [2.75, 3.05) is 0 Å². The molecule has 5 heteroatoms. The molecule has 0 aliphatic heterocycles. The number of rotatable bonds is 4. The lowest BCUT2D eigenvalue weighted by Gasteiger charge is -2.22. The van der Waals surface area contributed by atoms with Gasteiger partial charge in [-0.1, -0.05) is 26.1 Å². The van der Waals surface area contributed by atoms with Crippen LogP contribution in [0.25, 0.3) is 0 Å². The third kappa shape index (κ3) is 2.68. The van der Waals surface area contributed by atoms with Crippen LogP contribution in [-0.2, 0) is 13.6 Å². The average molecular weight is 227 g/mol. The highest BCUT2D eigenvalue weighted by Gasteiger charge is 2.21. The van der Waals surface area contributed by atoms with Crippen molar-refractivity contribution < 1.29 is 0 Å². The molecule has 0 aliphatic carbocycles. The van der Waals surface area contributed by atoms with Crippen molar-refractivity contribution in [1.29, 1.82) is 0 Å². The molecular weight excluding hydrogens is 210 g/mol. The van der Waals surface area contributed by atoms with Crippen molar-refractivity contribution in [2.45, 2.75) is 26.8 Å². The standard InChI is InChI=1S/C10H17N3OS/c1-10(2,8(11)15)4-5-13-7-6-12(3)9(13)14/h6-7H,4-5H2,1-3H3,(H2,11,15). The number of nitrogens with two attached hydrogens (primary N) is 1. The van der Waals surface area contributed by atoms with E-state index in [2.05, 4.69) is 0 Å². The molecule has 4 nitrogen and oxygen atoms in total. The monoisotopic (exact) mass is 227 g/mol. The molecular formula is C10H17N3OS. The lowest BCUT2D eigenvalue weighted by Crippen LogP contribution is -2.32. The molecule has 0 saturated carbocycles. The molecule has 0 aromatic carbocycles. The largest absolute Gasteiger partial charge is 0.393 e. The van der Waals surface area contributed by atoms with Gasteiger partial charge in [-0.2, -0.15) is 0 Å². The van der Waals surface area contributed by atoms with E-state index >= 15 is 0 Å². The maximum absolute atomic E-state index is 11.5. The van der Waals surface area contributed by atoms with Gasteiger partial charge in [0.1, 0.15) is 0 Å². The Hall–Kier alpha value is -1.10. The maximum Gasteiger partial charge on any atom is 0.327 e. The van der Waals surface area contributed by atoms with E-state index in [0.29, 0.717) is 11.5 Å². The van der Waals surface area contributed by atoms with Gasteiger partial charge in [0.15, 0.2) is 0 Å². The Morgan fingerprint density at radius 2 is 2.13 bits per heavy atom. The molecule has 1 aromatic heterocycles. The quantitative estimate of drug-likeness (QED) is 0.777. The van der Waals surface area contributed by atoms with Gasteiger partial charge in [0, 0.05) is 31.4 Å². The van der Waals surface area contributed by atoms with Gasteiger partial charge in [-0.15, -0.1) is 0 Å². The second kappa shape index (κ2) is 4.18. The Labute approximate surface area is 94.7 Å². The minimum absolute atomic E-state index is 0.00580. The molecule has 1 heterocycles. The van der Waals surface area contributed by atoms with E-state index in [-0.39, 0.29) is 11.1 Å². The van der Waals surface area contributed by atoms with Crippen molar-refractivity contribution in [2.24, 2.45) is 18.2 Å². The highest BCUT2D eigenvalue weighted by atomic mass is 32.1. The van der Waals surface area contributed by atoms with Crippen molar-refractivity contribution >= 4 is 17.2 Å². The number of aryl methyl sites for hydroxylation is 2. The summed E-state index contributed by atoms with van der Waals surface area (Å²) < 4.78 is 3.22. The van der Waals surface area contributed by atoms with Crippen LogP contribution in [0.4, 0.5) is 0 Å². The summed E-state index contributed by atoms with van der Waals surface area (Å²) in [6, 6.07) is 0. The van der Waals surface area contributed by atoms with Crippen molar-refractivity contribution in [3.05, 3.63) is 22.9 Å². The van der Waals surface area contributed by atoms with Gasteiger partial charge >= 0.3 is 5.69 Å². The fourth-order valence-electron chi connectivity index (χ4n) is 1.20. The first-order valence-corrected chi connectivity index (χ1v) is 5.27. The Bertz CT molecular complexity index is 417. The molecule has 0 bridgehead atoms. The molecule has 84 valence electrons. The van der Waals surface area contributed by atoms with Crippen LogP contribution in [0.2, 0.25) is 0 Å². The summed E-state index contributed by atoms with van der Waals surface area (Å²) in [7, 11) is 1.73. The summed E-state index contributed by atoms with van der Waals surface area (Å²) in [5.41, 5.74) is 5.41. The van der Waals surface area contributed by atoms with E-state index in [9.17, 15) is 4.79 Å². The Kier molecular flexibility index (Phi) is 3.34. The fourth-order valence-corrected chi connectivity index (χ4v) is 1.31. The van der Waals surface area contributed by atoms with Crippen molar-refractivity contribution in [3.8, 4) is 0 Å². The maximum atomic E-state index is 11.5. The second-order valence-electron chi connectivity index (χ2n) is 4.38. The highest BCUT2D eigenvalue weighted by molar-refractivity contribution is 7.80. The van der Waals surface area contributed by atoms with E-state index in [1.165, 1.54) is 0 Å². The molecule has 0 aliphatic rings. The van der Waals surface area contributed by atoms with Crippen LogP contribution >= 0.6 is 12.2 Å². The molecule has 0 atom stereocenters. The van der Waals surface area contributed by atoms with Gasteiger partial charge in [0.25, 0.3) is 0 Å². The van der Waals surface area contributed by atoms with Crippen LogP contribution in [-0.4, -0.2) is 14.1 Å². The molecule has 0 fully saturated rings. The molecule has 0 spiro atoms. The van der Waals surface area contributed by atoms with Crippen LogP contribution in [0.5, 0.6) is 0 Å². The van der Waals surface area contributed by atoms with Crippen LogP contribution in [0.1, 0.15) is 20.3 Å². The van der Waals surface area contributed by atoms with Gasteiger partial charge in [-0.05, 0) is 6.42 Å². The zero-order chi connectivity index (χ0) is 11.6. The average Bonchev–Trinajstić information content (AvgIpc) is 2.45. The summed E-state index contributed by atoms with van der Waals surface area (Å²) in [5, 5.41) is 0. The third-order valence-corrected chi connectivity index (χ3v) is 3.21. The summed E-state index contributed by atoms with van der Waals surface area (Å²) in [5.74, 6) is 0. The van der Waals surface area contributed by atoms with E-state index in [1.54, 1.807) is 28.6 Å². The Morgan fingerprint density at radius 3 is 2.53 bits per heavy atom. The summed E-state index contributed by atoms with van der Waals surface area (Å²) in [6.45, 7) is 4.62. The molecule has 0 unspecified atom stereocenters. The first-order chi connectivity index (χ1) is 6.84. The lowest BCUT2D eigenvalue weighted by molar-refractivity contribution is 0.429. The summed E-state index contributed by atoms with van der Waals surface area (Å²) in [6.07, 6.45) is 4.29. The minimum Gasteiger partial charge on any atom is -0.393 e. The molecule has 0 saturated heterocycles. The summed E-state index contributed by atoms with van der Waals surface area (Å²) in [4.78, 5) is 12.0. The van der Waals surface area contributed by atoms with Crippen molar-refractivity contribution in [3.63, 3.8) is 0 Å². The molecule has 15 heavy (non-hydrogen) atoms. The predicted octanol–water partition coefficient (Wildman–Crippen LogP) is 0.889. The second-order valence-corrected chi connectivity index (χ2v) is 4.82. The van der Waals surface area contributed by atoms with Crippen molar-refractivity contribution in [1.82, 2.24) is 9.13 Å². The molecule has 0 radical (unpaired) electrons. The molecule has 1 aromatic rings. The van der Waals surface area contributed by atoms with E-state index in [1.807, 2.05) is 13.8 Å². The van der Waals surface area contributed by atoms with Crippen LogP contribution in [0.15, 0.2) is 17.2 Å².